The summed E-state index contributed by atoms with van der Waals surface area (Å²) in [6, 6.07) is 3.78. The van der Waals surface area contributed by atoms with Crippen molar-refractivity contribution in [3.05, 3.63) is 31.8 Å². The Morgan fingerprint density at radius 1 is 1.17 bits per heavy atom. The molecule has 1 rings (SSSR count). The lowest BCUT2D eigenvalue weighted by molar-refractivity contribution is -0.328. The Balaban J connectivity index is 3.18. The van der Waals surface area contributed by atoms with E-state index < -0.39 is 11.7 Å². The first-order valence-corrected chi connectivity index (χ1v) is 4.80. The van der Waals surface area contributed by atoms with Crippen LogP contribution in [0.1, 0.15) is 5.56 Å². The highest BCUT2D eigenvalue weighted by molar-refractivity contribution is 9.10. The zero-order valence-electron chi connectivity index (χ0n) is 5.62. The Morgan fingerprint density at radius 3 is 2.17 bits per heavy atom. The van der Waals surface area contributed by atoms with Crippen LogP contribution >= 0.6 is 15.9 Å². The largest absolute Gasteiger partial charge is 0.758 e. The highest BCUT2D eigenvalue weighted by atomic mass is 127. The van der Waals surface area contributed by atoms with E-state index in [2.05, 4.69) is 15.9 Å². The van der Waals surface area contributed by atoms with Gasteiger partial charge in [0.05, 0.1) is 5.56 Å². The summed E-state index contributed by atoms with van der Waals surface area (Å²) >= 11 is 4.84. The molecule has 0 aliphatic rings. The van der Waals surface area contributed by atoms with Gasteiger partial charge >= 0.3 is 6.18 Å². The molecule has 12 heavy (non-hydrogen) atoms. The van der Waals surface area contributed by atoms with E-state index >= 15 is 0 Å². The number of benzene rings is 1. The molecule has 0 bridgehead atoms. The summed E-state index contributed by atoms with van der Waals surface area (Å²) < 4.78 is 37.4. The predicted molar refractivity (Wildman–Crippen MR) is 37.8 cm³/mol. The second-order valence-electron chi connectivity index (χ2n) is 2.16. The number of hydrogen-bond acceptors (Lipinski definition) is 0. The van der Waals surface area contributed by atoms with E-state index in [1.165, 1.54) is 0 Å². The molecule has 0 fully saturated rings. The lowest BCUT2D eigenvalue weighted by Gasteiger charge is -2.12. The SMILES string of the molecule is FC(F)(F)c1cc(Br)cc([I-])c1. The molecule has 0 N–H and O–H groups in total. The van der Waals surface area contributed by atoms with E-state index in [9.17, 15) is 13.2 Å². The predicted octanol–water partition coefficient (Wildman–Crippen LogP) is 0.191. The summed E-state index contributed by atoms with van der Waals surface area (Å²) in [5, 5.41) is 0. The molecule has 0 spiro atoms. The van der Waals surface area contributed by atoms with Gasteiger partial charge < -0.3 is 22.6 Å². The van der Waals surface area contributed by atoms with Gasteiger partial charge in [0, 0.05) is 4.47 Å². The maximum absolute atomic E-state index is 12.1. The van der Waals surface area contributed by atoms with Crippen LogP contribution in [0.2, 0.25) is 0 Å². The summed E-state index contributed by atoms with van der Waals surface area (Å²) in [6.45, 7) is 0. The van der Waals surface area contributed by atoms with Crippen LogP contribution in [0, 0.1) is 3.57 Å². The van der Waals surface area contributed by atoms with E-state index in [1.807, 2.05) is 22.6 Å². The zero-order valence-corrected chi connectivity index (χ0v) is 9.37. The summed E-state index contributed by atoms with van der Waals surface area (Å²) in [5.74, 6) is 0. The van der Waals surface area contributed by atoms with Crippen molar-refractivity contribution in [2.75, 3.05) is 0 Å². The molecule has 0 aliphatic heterocycles. The molecular weight excluding hydrogens is 348 g/mol. The van der Waals surface area contributed by atoms with Crippen molar-refractivity contribution < 1.29 is 35.8 Å². The molecule has 67 valence electrons. The number of halogens is 5. The first-order valence-electron chi connectivity index (χ1n) is 2.93. The molecule has 1 aromatic rings. The van der Waals surface area contributed by atoms with E-state index in [1.54, 1.807) is 6.07 Å². The second kappa shape index (κ2) is 3.53. The maximum atomic E-state index is 12.1. The number of alkyl halides is 3. The molecule has 0 atom stereocenters. The monoisotopic (exact) mass is 350 g/mol. The van der Waals surface area contributed by atoms with Crippen LogP contribution in [0.5, 0.6) is 0 Å². The van der Waals surface area contributed by atoms with Crippen LogP contribution in [-0.2, 0) is 6.18 Å². The standard InChI is InChI=1S/C7H3BrF3I/c8-5-1-4(7(9,10)11)2-6(12)3-5/h1-3H/q-1. The van der Waals surface area contributed by atoms with E-state index in [0.29, 0.717) is 8.04 Å². The van der Waals surface area contributed by atoms with Gasteiger partial charge in [-0.2, -0.15) is 16.7 Å². The zero-order chi connectivity index (χ0) is 9.35. The van der Waals surface area contributed by atoms with Crippen LogP contribution in [-0.4, -0.2) is 0 Å². The van der Waals surface area contributed by atoms with Crippen LogP contribution in [0.3, 0.4) is 0 Å². The summed E-state index contributed by atoms with van der Waals surface area (Å²) in [6.07, 6.45) is -4.26. The maximum Gasteiger partial charge on any atom is 0.416 e. The van der Waals surface area contributed by atoms with Gasteiger partial charge in [0.1, 0.15) is 0 Å². The van der Waals surface area contributed by atoms with E-state index in [0.717, 1.165) is 12.1 Å². The van der Waals surface area contributed by atoms with Crippen molar-refractivity contribution in [1.82, 2.24) is 0 Å². The highest BCUT2D eigenvalue weighted by Crippen LogP contribution is 2.30. The fourth-order valence-electron chi connectivity index (χ4n) is 0.717. The van der Waals surface area contributed by atoms with Gasteiger partial charge in [-0.1, -0.05) is 28.1 Å². The van der Waals surface area contributed by atoms with Gasteiger partial charge in [0.2, 0.25) is 0 Å². The van der Waals surface area contributed by atoms with Gasteiger partial charge in [0.15, 0.2) is 0 Å². The Labute approximate surface area is 89.4 Å². The second-order valence-corrected chi connectivity index (χ2v) is 4.32. The molecule has 0 aliphatic carbocycles. The van der Waals surface area contributed by atoms with Crippen molar-refractivity contribution >= 4 is 15.9 Å². The average molecular weight is 351 g/mol. The fraction of sp³-hybridized carbons (Fsp3) is 0.143. The van der Waals surface area contributed by atoms with Crippen molar-refractivity contribution in [1.29, 1.82) is 0 Å². The number of hydrogen-bond donors (Lipinski definition) is 0. The van der Waals surface area contributed by atoms with E-state index in [-0.39, 0.29) is 0 Å². The van der Waals surface area contributed by atoms with Gasteiger partial charge in [-0.3, -0.25) is 0 Å². The van der Waals surface area contributed by atoms with Crippen LogP contribution in [0.25, 0.3) is 0 Å². The van der Waals surface area contributed by atoms with Crippen molar-refractivity contribution in [3.63, 3.8) is 0 Å². The van der Waals surface area contributed by atoms with E-state index in [4.69, 9.17) is 0 Å². The Morgan fingerprint density at radius 2 is 1.75 bits per heavy atom. The minimum atomic E-state index is -4.26. The van der Waals surface area contributed by atoms with Crippen molar-refractivity contribution in [2.24, 2.45) is 0 Å². The average Bonchev–Trinajstić information content (AvgIpc) is 1.82. The first-order chi connectivity index (χ1) is 5.39. The smallest absolute Gasteiger partial charge is 0.416 e. The molecule has 1 radical (unpaired) electrons. The third-order valence-corrected chi connectivity index (χ3v) is 2.27. The van der Waals surface area contributed by atoms with Crippen LogP contribution < -0.4 is 22.6 Å². The molecule has 1 aromatic carbocycles. The van der Waals surface area contributed by atoms with Crippen molar-refractivity contribution in [2.45, 2.75) is 6.18 Å². The normalized spacial score (nSPS) is 11.8. The summed E-state index contributed by atoms with van der Waals surface area (Å²) in [4.78, 5) is 0. The third-order valence-electron chi connectivity index (χ3n) is 1.19. The molecule has 0 heterocycles. The molecule has 0 saturated carbocycles. The molecule has 0 unspecified atom stereocenters. The molecule has 0 amide bonds. The molecular formula is C7H3BrF3I-. The third kappa shape index (κ3) is 2.62. The van der Waals surface area contributed by atoms with Crippen LogP contribution in [0.15, 0.2) is 22.7 Å². The lowest BCUT2D eigenvalue weighted by Crippen LogP contribution is -3.34. The lowest BCUT2D eigenvalue weighted by atomic mass is 10.2. The highest BCUT2D eigenvalue weighted by Gasteiger charge is 2.30. The molecule has 0 saturated heterocycles. The first kappa shape index (κ1) is 10.3. The fourth-order valence-corrected chi connectivity index (χ4v) is 2.31. The Bertz CT molecular complexity index is 275. The Hall–Kier alpha value is 0.220. The minimum absolute atomic E-state index is 0.446. The molecule has 0 nitrogen and oxygen atoms in total. The van der Waals surface area contributed by atoms with Gasteiger partial charge in [-0.25, -0.2) is 0 Å². The minimum Gasteiger partial charge on any atom is -0.758 e. The Kier molecular flexibility index (Phi) is 3.03. The number of rotatable bonds is 0. The quantitative estimate of drug-likeness (QED) is 0.586. The summed E-state index contributed by atoms with van der Waals surface area (Å²) in [7, 11) is 0. The van der Waals surface area contributed by atoms with Gasteiger partial charge in [-0.15, -0.1) is 0 Å². The summed E-state index contributed by atoms with van der Waals surface area (Å²) in [5.41, 5.74) is -0.624. The van der Waals surface area contributed by atoms with Gasteiger partial charge in [-0.05, 0) is 6.07 Å². The van der Waals surface area contributed by atoms with Gasteiger partial charge in [0.25, 0.3) is 0 Å². The molecule has 5 heteroatoms. The topological polar surface area (TPSA) is 0 Å². The van der Waals surface area contributed by atoms with Crippen molar-refractivity contribution in [3.8, 4) is 0 Å². The molecule has 0 aromatic heterocycles. The van der Waals surface area contributed by atoms with Crippen LogP contribution in [0.4, 0.5) is 13.2 Å².